The molecule has 0 aliphatic carbocycles. The summed E-state index contributed by atoms with van der Waals surface area (Å²) >= 11 is 2.94. The van der Waals surface area contributed by atoms with Gasteiger partial charge in [-0.3, -0.25) is 0 Å². The molecule has 0 spiro atoms. The summed E-state index contributed by atoms with van der Waals surface area (Å²) in [5.74, 6) is 0. The van der Waals surface area contributed by atoms with Crippen LogP contribution >= 0.6 is 0 Å². The number of hydrogen-bond acceptors (Lipinski definition) is 1. The summed E-state index contributed by atoms with van der Waals surface area (Å²) in [6.45, 7) is 0. The molecular weight excluding hydrogens is 438 g/mol. The molecule has 5 heteroatoms. The van der Waals surface area contributed by atoms with Crippen LogP contribution in [0.1, 0.15) is 0 Å². The van der Waals surface area contributed by atoms with Crippen molar-refractivity contribution in [2.75, 3.05) is 0 Å². The van der Waals surface area contributed by atoms with Gasteiger partial charge in [0.25, 0.3) is 0 Å². The van der Waals surface area contributed by atoms with Crippen molar-refractivity contribution in [3.05, 3.63) is 0 Å². The molecule has 5 heavy (non-hydrogen) atoms. The molecule has 0 saturated carbocycles. The Morgan fingerprint density at radius 2 is 1.20 bits per heavy atom. The van der Waals surface area contributed by atoms with Gasteiger partial charge in [0, 0.05) is 109 Å². The molecule has 0 aliphatic rings. The van der Waals surface area contributed by atoms with Crippen LogP contribution in [0.25, 0.3) is 0 Å². The Morgan fingerprint density at radius 1 is 1.20 bits per heavy atom. The Balaban J connectivity index is -0.00000000167. The second kappa shape index (κ2) is 24.8. The van der Waals surface area contributed by atoms with E-state index in [0.29, 0.717) is 0 Å². The maximum Gasteiger partial charge on any atom is 0 e. The normalized spacial score (nSPS) is 1.20. The standard InChI is InChI=1S/Ba.Ca.Cu.O.Ta. The molecule has 0 atom stereocenters. The van der Waals surface area contributed by atoms with Gasteiger partial charge in [-0.25, -0.2) is 0 Å². The molecule has 0 saturated heterocycles. The number of rotatable bonds is 0. The Kier molecular flexibility index (Phi) is 115. The Morgan fingerprint density at radius 3 is 1.20 bits per heavy atom. The first-order valence-corrected chi connectivity index (χ1v) is 0.508. The van der Waals surface area contributed by atoms with E-state index < -0.39 is 0 Å². The monoisotopic (exact) mass is 438 g/mol. The second-order valence-corrected chi connectivity index (χ2v) is 0. The van der Waals surface area contributed by atoms with E-state index in [1.165, 1.54) is 0 Å². The van der Waals surface area contributed by atoms with Crippen molar-refractivity contribution in [1.82, 2.24) is 0 Å². The third kappa shape index (κ3) is 18.1. The van der Waals surface area contributed by atoms with Crippen LogP contribution < -0.4 is 0 Å². The van der Waals surface area contributed by atoms with E-state index in [1.807, 2.05) is 0 Å². The van der Waals surface area contributed by atoms with Gasteiger partial charge < -0.3 is 0 Å². The van der Waals surface area contributed by atoms with Crippen LogP contribution in [0.4, 0.5) is 0 Å². The first kappa shape index (κ1) is 23.1. The summed E-state index contributed by atoms with van der Waals surface area (Å²) < 4.78 is 7.81. The minimum Gasteiger partial charge on any atom is 0 e. The van der Waals surface area contributed by atoms with Crippen LogP contribution in [0.3, 0.4) is 0 Å². The predicted octanol–water partition coefficient (Wildman–Crippen LogP) is -0.885. The van der Waals surface area contributed by atoms with Gasteiger partial charge in [0.2, 0.25) is 0 Å². The van der Waals surface area contributed by atoms with Crippen LogP contribution in [0.5, 0.6) is 0 Å². The Hall–Kier alpha value is 3.89. The quantitative estimate of drug-likeness (QED) is 0.450. The molecule has 0 unspecified atom stereocenters. The molecular formula is BaCaCuOTa. The van der Waals surface area contributed by atoms with Gasteiger partial charge in [-0.05, 0) is 0 Å². The largest absolute Gasteiger partial charge is 0 e. The molecule has 0 N–H and O–H groups in total. The van der Waals surface area contributed by atoms with Crippen molar-refractivity contribution < 1.29 is 42.2 Å². The molecule has 0 aromatic heterocycles. The first-order valence-electron chi connectivity index (χ1n) is 0.123. The van der Waals surface area contributed by atoms with Gasteiger partial charge in [0.1, 0.15) is 0 Å². The van der Waals surface area contributed by atoms with Crippen LogP contribution in [0, 0.1) is 0 Å². The average molecular weight is 438 g/mol. The van der Waals surface area contributed by atoms with Gasteiger partial charge in [0.15, 0.2) is 0 Å². The van der Waals surface area contributed by atoms with E-state index in [2.05, 4.69) is 15.9 Å². The molecule has 0 rings (SSSR count). The molecule has 0 aromatic carbocycles. The fraction of sp³-hybridized carbons (Fsp3) is 0. The fourth-order valence-electron chi connectivity index (χ4n) is 0. The summed E-state index contributed by atoms with van der Waals surface area (Å²) in [6, 6.07) is 0. The van der Waals surface area contributed by atoms with Gasteiger partial charge in [-0.1, -0.05) is 0 Å². The van der Waals surface area contributed by atoms with E-state index in [9.17, 15) is 0 Å². The zero-order valence-corrected chi connectivity index (χ0v) is 13.4. The SMILES string of the molecule is [Ba].[Ca].[O]=[Cu].[Ta]. The molecule has 0 aliphatic heterocycles. The topological polar surface area (TPSA) is 17.1 Å². The van der Waals surface area contributed by atoms with E-state index >= 15 is 0 Å². The summed E-state index contributed by atoms with van der Waals surface area (Å²) in [5.41, 5.74) is 0. The molecule has 0 bridgehead atoms. The molecule has 26 valence electrons. The van der Waals surface area contributed by atoms with E-state index in [-0.39, 0.29) is 109 Å². The van der Waals surface area contributed by atoms with Crippen LogP contribution in [0.2, 0.25) is 0 Å². The first-order chi connectivity index (χ1) is 1.00. The van der Waals surface area contributed by atoms with Crippen molar-refractivity contribution >= 4 is 86.6 Å². The molecule has 0 heterocycles. The van der Waals surface area contributed by atoms with Crippen molar-refractivity contribution in [2.24, 2.45) is 0 Å². The predicted molar refractivity (Wildman–Crippen MR) is 12.2 cm³/mol. The number of hydrogen-bond donors (Lipinski definition) is 0. The van der Waals surface area contributed by atoms with Crippen molar-refractivity contribution in [3.63, 3.8) is 0 Å². The molecule has 5 radical (unpaired) electrons. The zero-order chi connectivity index (χ0) is 2.00. The average Bonchev–Trinajstić information content (AvgIpc) is 1.00. The summed E-state index contributed by atoms with van der Waals surface area (Å²) in [5, 5.41) is 0. The maximum absolute atomic E-state index is 7.81. The smallest absolute Gasteiger partial charge is 0 e. The van der Waals surface area contributed by atoms with E-state index in [4.69, 9.17) is 3.83 Å². The van der Waals surface area contributed by atoms with Gasteiger partial charge >= 0.3 is 19.8 Å². The second-order valence-electron chi connectivity index (χ2n) is 0. The van der Waals surface area contributed by atoms with Gasteiger partial charge in [0.05, 0.1) is 0 Å². The van der Waals surface area contributed by atoms with Crippen LogP contribution in [-0.2, 0) is 42.2 Å². The molecule has 0 aromatic rings. The maximum atomic E-state index is 7.81. The molecule has 1 nitrogen and oxygen atoms in total. The Labute approximate surface area is 125 Å². The minimum absolute atomic E-state index is 0. The van der Waals surface area contributed by atoms with Gasteiger partial charge in [-0.15, -0.1) is 0 Å². The van der Waals surface area contributed by atoms with E-state index in [0.717, 1.165) is 0 Å². The summed E-state index contributed by atoms with van der Waals surface area (Å²) in [7, 11) is 0. The third-order valence-electron chi connectivity index (χ3n) is 0. The minimum atomic E-state index is 0. The zero-order valence-electron chi connectivity index (χ0n) is 2.57. The Bertz CT molecular complexity index is 11.6. The van der Waals surface area contributed by atoms with Crippen LogP contribution in [-0.4, -0.2) is 86.6 Å². The summed E-state index contributed by atoms with van der Waals surface area (Å²) in [6.07, 6.45) is 0. The van der Waals surface area contributed by atoms with Crippen LogP contribution in [0.15, 0.2) is 0 Å². The van der Waals surface area contributed by atoms with Gasteiger partial charge in [-0.2, -0.15) is 0 Å². The van der Waals surface area contributed by atoms with E-state index in [1.54, 1.807) is 0 Å². The fourth-order valence-corrected chi connectivity index (χ4v) is 0. The molecule has 0 fully saturated rings. The van der Waals surface area contributed by atoms with Crippen molar-refractivity contribution in [3.8, 4) is 0 Å². The van der Waals surface area contributed by atoms with Crippen molar-refractivity contribution in [1.29, 1.82) is 0 Å². The third-order valence-corrected chi connectivity index (χ3v) is 0. The summed E-state index contributed by atoms with van der Waals surface area (Å²) in [4.78, 5) is 0. The molecule has 0 amide bonds. The van der Waals surface area contributed by atoms with Crippen molar-refractivity contribution in [2.45, 2.75) is 0 Å².